The minimum atomic E-state index is 0.545. The van der Waals surface area contributed by atoms with Crippen LogP contribution in [0, 0.1) is 6.92 Å². The monoisotopic (exact) mass is 347 g/mol. The summed E-state index contributed by atoms with van der Waals surface area (Å²) < 4.78 is 2.62. The van der Waals surface area contributed by atoms with Gasteiger partial charge in [-0.25, -0.2) is 0 Å². The molecule has 1 aliphatic rings. The highest BCUT2D eigenvalue weighted by atomic mass is 15.1. The molecule has 0 amide bonds. The van der Waals surface area contributed by atoms with Gasteiger partial charge < -0.3 is 9.47 Å². The van der Waals surface area contributed by atoms with E-state index in [1.807, 2.05) is 12.4 Å². The molecule has 136 valence electrons. The van der Waals surface area contributed by atoms with Crippen LogP contribution in [-0.2, 0) is 19.5 Å². The van der Waals surface area contributed by atoms with Crippen molar-refractivity contribution in [1.29, 1.82) is 0 Å². The van der Waals surface area contributed by atoms with Crippen LogP contribution in [0.1, 0.15) is 48.1 Å². The Morgan fingerprint density at radius 1 is 1.15 bits per heavy atom. The highest BCUT2D eigenvalue weighted by molar-refractivity contribution is 5.86. The summed E-state index contributed by atoms with van der Waals surface area (Å²) in [5.74, 6) is 0.545. The Kier molecular flexibility index (Phi) is 4.82. The van der Waals surface area contributed by atoms with E-state index in [-0.39, 0.29) is 0 Å². The van der Waals surface area contributed by atoms with Crippen LogP contribution in [0.2, 0.25) is 0 Å². The van der Waals surface area contributed by atoms with Crippen LogP contribution in [0.4, 0.5) is 0 Å². The quantitative estimate of drug-likeness (QED) is 0.653. The van der Waals surface area contributed by atoms with Crippen LogP contribution in [0.3, 0.4) is 0 Å². The molecule has 1 aromatic carbocycles. The van der Waals surface area contributed by atoms with Crippen molar-refractivity contribution in [3.05, 3.63) is 65.1 Å². The first-order chi connectivity index (χ1) is 12.7. The van der Waals surface area contributed by atoms with Gasteiger partial charge in [0.05, 0.1) is 0 Å². The highest BCUT2D eigenvalue weighted by Gasteiger charge is 2.24. The van der Waals surface area contributed by atoms with Crippen molar-refractivity contribution >= 4 is 10.9 Å². The molecule has 26 heavy (non-hydrogen) atoms. The summed E-state index contributed by atoms with van der Waals surface area (Å²) >= 11 is 0. The number of hydrogen-bond acceptors (Lipinski definition) is 2. The Balaban J connectivity index is 1.80. The molecule has 0 spiro atoms. The lowest BCUT2D eigenvalue weighted by atomic mass is 9.95. The SMILES string of the molecule is CCCC(Cn1c2c(c3cc(C)ccc31)CN(C)CC2)c1ccncc1. The van der Waals surface area contributed by atoms with Gasteiger partial charge in [0.2, 0.25) is 0 Å². The molecule has 3 aromatic rings. The van der Waals surface area contributed by atoms with Gasteiger partial charge in [0.25, 0.3) is 0 Å². The third-order valence-corrected chi connectivity index (χ3v) is 5.82. The first-order valence-corrected chi connectivity index (χ1v) is 9.86. The Hall–Kier alpha value is -2.13. The predicted molar refractivity (Wildman–Crippen MR) is 109 cm³/mol. The molecule has 0 saturated carbocycles. The summed E-state index contributed by atoms with van der Waals surface area (Å²) in [4.78, 5) is 6.66. The summed E-state index contributed by atoms with van der Waals surface area (Å²) in [6.45, 7) is 7.77. The lowest BCUT2D eigenvalue weighted by Crippen LogP contribution is -2.27. The number of aromatic nitrogens is 2. The van der Waals surface area contributed by atoms with Gasteiger partial charge in [-0.3, -0.25) is 4.98 Å². The minimum absolute atomic E-state index is 0.545. The standard InChI is InChI=1S/C23H29N3/c1-4-5-19(18-8-11-24-12-9-18)15-26-22-7-6-17(2)14-20(22)21-16-25(3)13-10-23(21)26/h6-9,11-12,14,19H,4-5,10,13,15-16H2,1-3H3. The van der Waals surface area contributed by atoms with Gasteiger partial charge >= 0.3 is 0 Å². The fraction of sp³-hybridized carbons (Fsp3) is 0.435. The van der Waals surface area contributed by atoms with Crippen LogP contribution in [-0.4, -0.2) is 28.0 Å². The van der Waals surface area contributed by atoms with Gasteiger partial charge in [-0.15, -0.1) is 0 Å². The van der Waals surface area contributed by atoms with Gasteiger partial charge in [-0.05, 0) is 55.8 Å². The summed E-state index contributed by atoms with van der Waals surface area (Å²) in [6.07, 6.45) is 7.42. The number of likely N-dealkylation sites (N-methyl/N-ethyl adjacent to an activating group) is 1. The van der Waals surface area contributed by atoms with E-state index in [2.05, 4.69) is 65.7 Å². The zero-order valence-electron chi connectivity index (χ0n) is 16.2. The molecule has 0 bridgehead atoms. The predicted octanol–water partition coefficient (Wildman–Crippen LogP) is 4.92. The molecule has 1 aliphatic heterocycles. The molecule has 3 heteroatoms. The number of fused-ring (bicyclic) bond motifs is 3. The normalized spacial score (nSPS) is 16.0. The lowest BCUT2D eigenvalue weighted by Gasteiger charge is -2.26. The van der Waals surface area contributed by atoms with E-state index < -0.39 is 0 Å². The third-order valence-electron chi connectivity index (χ3n) is 5.82. The smallest absolute Gasteiger partial charge is 0.0486 e. The Bertz CT molecular complexity index is 895. The fourth-order valence-corrected chi connectivity index (χ4v) is 4.48. The van der Waals surface area contributed by atoms with E-state index in [0.717, 1.165) is 26.1 Å². The van der Waals surface area contributed by atoms with E-state index in [1.165, 1.54) is 34.9 Å². The maximum Gasteiger partial charge on any atom is 0.0486 e. The molecule has 3 heterocycles. The van der Waals surface area contributed by atoms with Crippen molar-refractivity contribution in [3.8, 4) is 0 Å². The molecule has 0 radical (unpaired) electrons. The Morgan fingerprint density at radius 2 is 1.96 bits per heavy atom. The van der Waals surface area contributed by atoms with E-state index in [9.17, 15) is 0 Å². The zero-order chi connectivity index (χ0) is 18.1. The van der Waals surface area contributed by atoms with Crippen LogP contribution >= 0.6 is 0 Å². The van der Waals surface area contributed by atoms with Crippen molar-refractivity contribution in [1.82, 2.24) is 14.5 Å². The van der Waals surface area contributed by atoms with Crippen LogP contribution in [0.25, 0.3) is 10.9 Å². The van der Waals surface area contributed by atoms with E-state index >= 15 is 0 Å². The zero-order valence-corrected chi connectivity index (χ0v) is 16.2. The summed E-state index contributed by atoms with van der Waals surface area (Å²) in [6, 6.07) is 11.4. The van der Waals surface area contributed by atoms with Crippen molar-refractivity contribution in [3.63, 3.8) is 0 Å². The average molecular weight is 348 g/mol. The Labute approximate surface area is 156 Å². The number of aryl methyl sites for hydroxylation is 1. The molecule has 3 nitrogen and oxygen atoms in total. The second kappa shape index (κ2) is 7.24. The highest BCUT2D eigenvalue weighted by Crippen LogP contribution is 2.34. The number of rotatable bonds is 5. The van der Waals surface area contributed by atoms with Gasteiger partial charge in [0, 0.05) is 61.0 Å². The molecule has 1 unspecified atom stereocenters. The molecule has 0 saturated heterocycles. The topological polar surface area (TPSA) is 21.1 Å². The second-order valence-electron chi connectivity index (χ2n) is 7.81. The minimum Gasteiger partial charge on any atom is -0.344 e. The molecule has 0 fully saturated rings. The number of nitrogens with zero attached hydrogens (tertiary/aromatic N) is 3. The fourth-order valence-electron chi connectivity index (χ4n) is 4.48. The summed E-state index contributed by atoms with van der Waals surface area (Å²) in [5.41, 5.74) is 7.27. The van der Waals surface area contributed by atoms with Crippen molar-refractivity contribution < 1.29 is 0 Å². The number of pyridine rings is 1. The second-order valence-corrected chi connectivity index (χ2v) is 7.81. The lowest BCUT2D eigenvalue weighted by molar-refractivity contribution is 0.308. The average Bonchev–Trinajstić information content (AvgIpc) is 2.94. The number of benzene rings is 1. The summed E-state index contributed by atoms with van der Waals surface area (Å²) in [5, 5.41) is 1.46. The van der Waals surface area contributed by atoms with Crippen molar-refractivity contribution in [2.45, 2.75) is 52.1 Å². The van der Waals surface area contributed by atoms with Crippen LogP contribution in [0.15, 0.2) is 42.7 Å². The maximum atomic E-state index is 4.21. The summed E-state index contributed by atoms with van der Waals surface area (Å²) in [7, 11) is 2.23. The maximum absolute atomic E-state index is 4.21. The molecular formula is C23H29N3. The molecule has 0 aliphatic carbocycles. The third kappa shape index (κ3) is 3.16. The van der Waals surface area contributed by atoms with Crippen LogP contribution in [0.5, 0.6) is 0 Å². The largest absolute Gasteiger partial charge is 0.344 e. The first-order valence-electron chi connectivity index (χ1n) is 9.86. The van der Waals surface area contributed by atoms with Crippen molar-refractivity contribution in [2.75, 3.05) is 13.6 Å². The van der Waals surface area contributed by atoms with E-state index in [0.29, 0.717) is 5.92 Å². The molecule has 4 rings (SSSR count). The van der Waals surface area contributed by atoms with E-state index in [1.54, 1.807) is 11.3 Å². The van der Waals surface area contributed by atoms with E-state index in [4.69, 9.17) is 0 Å². The van der Waals surface area contributed by atoms with Crippen LogP contribution < -0.4 is 0 Å². The molecular weight excluding hydrogens is 318 g/mol. The number of hydrogen-bond donors (Lipinski definition) is 0. The van der Waals surface area contributed by atoms with Crippen molar-refractivity contribution in [2.24, 2.45) is 0 Å². The van der Waals surface area contributed by atoms with Gasteiger partial charge in [-0.2, -0.15) is 0 Å². The molecule has 2 aromatic heterocycles. The van der Waals surface area contributed by atoms with Gasteiger partial charge in [-0.1, -0.05) is 25.0 Å². The molecule has 1 atom stereocenters. The first kappa shape index (κ1) is 17.3. The van der Waals surface area contributed by atoms with Gasteiger partial charge in [0.15, 0.2) is 0 Å². The Morgan fingerprint density at radius 3 is 2.73 bits per heavy atom. The van der Waals surface area contributed by atoms with Gasteiger partial charge in [0.1, 0.15) is 0 Å². The molecule has 0 N–H and O–H groups in total.